The maximum atomic E-state index is 5.10. The molecule has 0 heterocycles. The summed E-state index contributed by atoms with van der Waals surface area (Å²) in [6.45, 7) is 2.04. The zero-order chi connectivity index (χ0) is 8.27. The Labute approximate surface area is 74.9 Å². The van der Waals surface area contributed by atoms with Gasteiger partial charge in [-0.25, -0.2) is 0 Å². The first kappa shape index (κ1) is 8.40. The molecule has 1 aromatic rings. The van der Waals surface area contributed by atoms with Crippen LogP contribution in [0.4, 0.5) is 5.69 Å². The van der Waals surface area contributed by atoms with Crippen LogP contribution in [-0.4, -0.2) is 7.11 Å². The summed E-state index contributed by atoms with van der Waals surface area (Å²) in [4.78, 5) is 0. The van der Waals surface area contributed by atoms with Crippen LogP contribution in [0.5, 0.6) is 5.75 Å². The van der Waals surface area contributed by atoms with Gasteiger partial charge in [0.1, 0.15) is 5.75 Å². The monoisotopic (exact) mass is 215 g/mol. The van der Waals surface area contributed by atoms with E-state index in [0.29, 0.717) is 0 Å². The molecule has 1 aromatic carbocycles. The molecule has 0 radical (unpaired) electrons. The fourth-order valence-electron chi connectivity index (χ4n) is 0.896. The molecule has 2 nitrogen and oxygen atoms in total. The fraction of sp³-hybridized carbons (Fsp3) is 0.250. The molecule has 0 spiro atoms. The smallest absolute Gasteiger partial charge is 0.142 e. The SMILES string of the molecule is COc1ccc(C)cc1NBr. The number of nitrogens with one attached hydrogen (secondary N) is 1. The van der Waals surface area contributed by atoms with E-state index in [1.165, 1.54) is 5.56 Å². The molecule has 0 aliphatic rings. The highest BCUT2D eigenvalue weighted by molar-refractivity contribution is 9.10. The van der Waals surface area contributed by atoms with Crippen LogP contribution in [0.25, 0.3) is 0 Å². The van der Waals surface area contributed by atoms with Crippen molar-refractivity contribution in [1.29, 1.82) is 0 Å². The maximum absolute atomic E-state index is 5.10. The fourth-order valence-corrected chi connectivity index (χ4v) is 1.21. The highest BCUT2D eigenvalue weighted by atomic mass is 79.9. The van der Waals surface area contributed by atoms with Gasteiger partial charge in [0, 0.05) is 16.1 Å². The van der Waals surface area contributed by atoms with E-state index < -0.39 is 0 Å². The summed E-state index contributed by atoms with van der Waals surface area (Å²) in [5.41, 5.74) is 2.15. The number of benzene rings is 1. The molecule has 0 aromatic heterocycles. The van der Waals surface area contributed by atoms with Gasteiger partial charge in [0.25, 0.3) is 0 Å². The lowest BCUT2D eigenvalue weighted by Crippen LogP contribution is -1.89. The van der Waals surface area contributed by atoms with Gasteiger partial charge in [-0.3, -0.25) is 0 Å². The summed E-state index contributed by atoms with van der Waals surface area (Å²) in [5.74, 6) is 0.840. The van der Waals surface area contributed by atoms with Gasteiger partial charge in [-0.15, -0.1) is 0 Å². The second-order valence-electron chi connectivity index (χ2n) is 2.30. The van der Waals surface area contributed by atoms with E-state index >= 15 is 0 Å². The second-order valence-corrected chi connectivity index (χ2v) is 2.69. The van der Waals surface area contributed by atoms with Gasteiger partial charge in [-0.1, -0.05) is 6.07 Å². The molecule has 0 bridgehead atoms. The minimum Gasteiger partial charge on any atom is -0.495 e. The van der Waals surface area contributed by atoms with Gasteiger partial charge >= 0.3 is 0 Å². The minimum atomic E-state index is 0.840. The summed E-state index contributed by atoms with van der Waals surface area (Å²) in [7, 11) is 1.65. The Morgan fingerprint density at radius 3 is 2.73 bits per heavy atom. The molecule has 0 aliphatic carbocycles. The largest absolute Gasteiger partial charge is 0.495 e. The molecular weight excluding hydrogens is 206 g/mol. The highest BCUT2D eigenvalue weighted by Crippen LogP contribution is 2.25. The first-order valence-electron chi connectivity index (χ1n) is 3.29. The lowest BCUT2D eigenvalue weighted by atomic mass is 10.2. The molecule has 11 heavy (non-hydrogen) atoms. The summed E-state index contributed by atoms with van der Waals surface area (Å²) >= 11 is 3.15. The van der Waals surface area contributed by atoms with Crippen molar-refractivity contribution in [3.63, 3.8) is 0 Å². The Morgan fingerprint density at radius 2 is 2.18 bits per heavy atom. The van der Waals surface area contributed by atoms with Crippen LogP contribution in [-0.2, 0) is 0 Å². The van der Waals surface area contributed by atoms with E-state index in [-0.39, 0.29) is 0 Å². The third-order valence-corrected chi connectivity index (χ3v) is 1.88. The van der Waals surface area contributed by atoms with Gasteiger partial charge in [-0.05, 0) is 24.6 Å². The first-order valence-corrected chi connectivity index (χ1v) is 4.08. The van der Waals surface area contributed by atoms with Crippen molar-refractivity contribution in [1.82, 2.24) is 0 Å². The van der Waals surface area contributed by atoms with Crippen molar-refractivity contribution < 1.29 is 4.74 Å². The van der Waals surface area contributed by atoms with Crippen LogP contribution in [0.3, 0.4) is 0 Å². The topological polar surface area (TPSA) is 21.3 Å². The van der Waals surface area contributed by atoms with Crippen LogP contribution < -0.4 is 9.08 Å². The molecule has 0 saturated carbocycles. The van der Waals surface area contributed by atoms with E-state index in [2.05, 4.69) is 20.5 Å². The van der Waals surface area contributed by atoms with Crippen molar-refractivity contribution >= 4 is 21.8 Å². The Bertz CT molecular complexity index is 250. The average molecular weight is 216 g/mol. The number of methoxy groups -OCH3 is 1. The molecule has 3 heteroatoms. The molecule has 60 valence electrons. The van der Waals surface area contributed by atoms with E-state index in [1.54, 1.807) is 7.11 Å². The summed E-state index contributed by atoms with van der Waals surface area (Å²) in [6.07, 6.45) is 0. The molecule has 0 saturated heterocycles. The number of rotatable bonds is 2. The van der Waals surface area contributed by atoms with Crippen LogP contribution in [0, 0.1) is 6.92 Å². The predicted octanol–water partition coefficient (Wildman–Crippen LogP) is 2.73. The van der Waals surface area contributed by atoms with Gasteiger partial charge < -0.3 is 9.08 Å². The van der Waals surface area contributed by atoms with Crippen molar-refractivity contribution in [2.45, 2.75) is 6.92 Å². The molecule has 0 amide bonds. The van der Waals surface area contributed by atoms with Gasteiger partial charge in [-0.2, -0.15) is 0 Å². The highest BCUT2D eigenvalue weighted by Gasteiger charge is 1.99. The molecule has 1 N–H and O–H groups in total. The zero-order valence-corrected chi connectivity index (χ0v) is 8.10. The summed E-state index contributed by atoms with van der Waals surface area (Å²) < 4.78 is 7.97. The van der Waals surface area contributed by atoms with E-state index in [0.717, 1.165) is 11.4 Å². The Morgan fingerprint density at radius 1 is 1.45 bits per heavy atom. The Kier molecular flexibility index (Phi) is 2.76. The Balaban J connectivity index is 3.06. The molecule has 1 rings (SSSR count). The summed E-state index contributed by atoms with van der Waals surface area (Å²) in [6, 6.07) is 5.94. The van der Waals surface area contributed by atoms with Gasteiger partial charge in [0.15, 0.2) is 0 Å². The van der Waals surface area contributed by atoms with Crippen molar-refractivity contribution in [3.8, 4) is 5.75 Å². The quantitative estimate of drug-likeness (QED) is 0.767. The van der Waals surface area contributed by atoms with Crippen LogP contribution in [0.2, 0.25) is 0 Å². The van der Waals surface area contributed by atoms with Crippen LogP contribution in [0.15, 0.2) is 18.2 Å². The van der Waals surface area contributed by atoms with Crippen molar-refractivity contribution in [2.75, 3.05) is 11.5 Å². The van der Waals surface area contributed by atoms with Gasteiger partial charge in [0.2, 0.25) is 0 Å². The average Bonchev–Trinajstić information content (AvgIpc) is 2.04. The number of hydrogen-bond acceptors (Lipinski definition) is 2. The third-order valence-electron chi connectivity index (χ3n) is 1.46. The second kappa shape index (κ2) is 3.62. The number of hydrogen-bond donors (Lipinski definition) is 1. The number of ether oxygens (including phenoxy) is 1. The minimum absolute atomic E-state index is 0.840. The van der Waals surface area contributed by atoms with Crippen molar-refractivity contribution in [2.24, 2.45) is 0 Å². The van der Waals surface area contributed by atoms with Gasteiger partial charge in [0.05, 0.1) is 12.8 Å². The van der Waals surface area contributed by atoms with E-state index in [9.17, 15) is 0 Å². The lowest BCUT2D eigenvalue weighted by molar-refractivity contribution is 0.417. The number of halogens is 1. The standard InChI is InChI=1S/C8H10BrNO/c1-6-3-4-8(11-2)7(5-6)10-9/h3-5,10H,1-2H3. The molecule has 0 atom stereocenters. The third kappa shape index (κ3) is 1.87. The molecular formula is C8H10BrNO. The molecule has 0 unspecified atom stereocenters. The summed E-state index contributed by atoms with van der Waals surface area (Å²) in [5, 5.41) is 0. The van der Waals surface area contributed by atoms with Crippen molar-refractivity contribution in [3.05, 3.63) is 23.8 Å². The molecule has 0 aliphatic heterocycles. The zero-order valence-electron chi connectivity index (χ0n) is 6.52. The van der Waals surface area contributed by atoms with Crippen LogP contribution >= 0.6 is 16.1 Å². The Hall–Kier alpha value is -0.700. The van der Waals surface area contributed by atoms with E-state index in [4.69, 9.17) is 4.74 Å². The predicted molar refractivity (Wildman–Crippen MR) is 50.3 cm³/mol. The number of aryl methyl sites for hydroxylation is 1. The number of anilines is 1. The van der Waals surface area contributed by atoms with Crippen LogP contribution in [0.1, 0.15) is 5.56 Å². The lowest BCUT2D eigenvalue weighted by Gasteiger charge is -2.06. The normalized spacial score (nSPS) is 9.36. The van der Waals surface area contributed by atoms with E-state index in [1.807, 2.05) is 25.1 Å². The maximum Gasteiger partial charge on any atom is 0.142 e. The molecule has 0 fully saturated rings. The first-order chi connectivity index (χ1) is 5.27.